The van der Waals surface area contributed by atoms with Gasteiger partial charge in [0.2, 0.25) is 0 Å². The number of anilines is 1. The van der Waals surface area contributed by atoms with Crippen LogP contribution in [0.15, 0.2) is 47.6 Å². The fourth-order valence-corrected chi connectivity index (χ4v) is 3.20. The van der Waals surface area contributed by atoms with Gasteiger partial charge in [-0.1, -0.05) is 11.6 Å². The zero-order chi connectivity index (χ0) is 20.5. The molecule has 0 radical (unpaired) electrons. The van der Waals surface area contributed by atoms with Gasteiger partial charge in [0.25, 0.3) is 5.91 Å². The SMILES string of the molecule is CCOc1cc(/C=N\Nc2ccc(Cl)cc2)ccc1OCC(=O)N1CCCCC1. The first-order valence-corrected chi connectivity index (χ1v) is 10.3. The first kappa shape index (κ1) is 21.0. The summed E-state index contributed by atoms with van der Waals surface area (Å²) >= 11 is 5.88. The summed E-state index contributed by atoms with van der Waals surface area (Å²) in [6.45, 7) is 4.06. The van der Waals surface area contributed by atoms with Gasteiger partial charge in [-0.15, -0.1) is 0 Å². The molecule has 0 aromatic heterocycles. The Bertz CT molecular complexity index is 834. The highest BCUT2D eigenvalue weighted by Crippen LogP contribution is 2.28. The van der Waals surface area contributed by atoms with Crippen molar-refractivity contribution in [1.82, 2.24) is 4.90 Å². The van der Waals surface area contributed by atoms with Crippen LogP contribution in [0.3, 0.4) is 0 Å². The molecule has 0 unspecified atom stereocenters. The van der Waals surface area contributed by atoms with E-state index in [0.29, 0.717) is 23.1 Å². The lowest BCUT2D eigenvalue weighted by atomic mass is 10.1. The predicted molar refractivity (Wildman–Crippen MR) is 116 cm³/mol. The number of rotatable bonds is 8. The maximum absolute atomic E-state index is 12.3. The van der Waals surface area contributed by atoms with Gasteiger partial charge in [0.1, 0.15) is 0 Å². The van der Waals surface area contributed by atoms with Crippen molar-refractivity contribution < 1.29 is 14.3 Å². The Morgan fingerprint density at radius 2 is 1.86 bits per heavy atom. The maximum atomic E-state index is 12.3. The van der Waals surface area contributed by atoms with E-state index in [0.717, 1.165) is 37.2 Å². The molecule has 1 heterocycles. The third-order valence-corrected chi connectivity index (χ3v) is 4.83. The number of nitrogens with one attached hydrogen (secondary N) is 1. The van der Waals surface area contributed by atoms with Gasteiger partial charge in [0, 0.05) is 18.1 Å². The molecule has 0 spiro atoms. The van der Waals surface area contributed by atoms with Gasteiger partial charge in [0.15, 0.2) is 18.1 Å². The van der Waals surface area contributed by atoms with E-state index >= 15 is 0 Å². The van der Waals surface area contributed by atoms with Crippen molar-refractivity contribution in [2.24, 2.45) is 5.10 Å². The first-order chi connectivity index (χ1) is 14.2. The van der Waals surface area contributed by atoms with Gasteiger partial charge < -0.3 is 14.4 Å². The highest BCUT2D eigenvalue weighted by Gasteiger charge is 2.17. The Kier molecular flexibility index (Phi) is 7.76. The number of benzene rings is 2. The number of halogens is 1. The molecule has 0 saturated carbocycles. The topological polar surface area (TPSA) is 63.2 Å². The highest BCUT2D eigenvalue weighted by atomic mass is 35.5. The van der Waals surface area contributed by atoms with Gasteiger partial charge in [-0.2, -0.15) is 5.10 Å². The number of amides is 1. The molecule has 0 bridgehead atoms. The van der Waals surface area contributed by atoms with Crippen molar-refractivity contribution in [3.05, 3.63) is 53.1 Å². The van der Waals surface area contributed by atoms with Crippen LogP contribution in [0.2, 0.25) is 5.02 Å². The van der Waals surface area contributed by atoms with Crippen LogP contribution in [0.4, 0.5) is 5.69 Å². The Balaban J connectivity index is 1.60. The lowest BCUT2D eigenvalue weighted by molar-refractivity contribution is -0.134. The van der Waals surface area contributed by atoms with Gasteiger partial charge in [-0.25, -0.2) is 0 Å². The number of hydrogen-bond acceptors (Lipinski definition) is 5. The predicted octanol–water partition coefficient (Wildman–Crippen LogP) is 4.58. The molecule has 1 aliphatic heterocycles. The molecule has 1 fully saturated rings. The standard InChI is InChI=1S/C22H26ClN3O3/c1-2-28-21-14-17(15-24-25-19-9-7-18(23)8-10-19)6-11-20(21)29-16-22(27)26-12-4-3-5-13-26/h6-11,14-15,25H,2-5,12-13,16H2,1H3/b24-15-. The molecule has 29 heavy (non-hydrogen) atoms. The first-order valence-electron chi connectivity index (χ1n) is 9.88. The molecule has 1 amide bonds. The highest BCUT2D eigenvalue weighted by molar-refractivity contribution is 6.30. The van der Waals surface area contributed by atoms with Gasteiger partial charge in [-0.3, -0.25) is 10.2 Å². The minimum Gasteiger partial charge on any atom is -0.490 e. The van der Waals surface area contributed by atoms with E-state index in [4.69, 9.17) is 21.1 Å². The molecule has 2 aromatic carbocycles. The van der Waals surface area contributed by atoms with Crippen molar-refractivity contribution in [2.45, 2.75) is 26.2 Å². The zero-order valence-corrected chi connectivity index (χ0v) is 17.3. The monoisotopic (exact) mass is 415 g/mol. The van der Waals surface area contributed by atoms with Crippen molar-refractivity contribution in [3.63, 3.8) is 0 Å². The molecular weight excluding hydrogens is 390 g/mol. The number of hydrazone groups is 1. The summed E-state index contributed by atoms with van der Waals surface area (Å²) in [5, 5.41) is 4.91. The minimum absolute atomic E-state index is 0.0185. The molecule has 6 nitrogen and oxygen atoms in total. The second kappa shape index (κ2) is 10.7. The maximum Gasteiger partial charge on any atom is 0.260 e. The molecule has 1 saturated heterocycles. The molecule has 1 N–H and O–H groups in total. The van der Waals surface area contributed by atoms with Crippen LogP contribution in [-0.2, 0) is 4.79 Å². The Morgan fingerprint density at radius 1 is 1.10 bits per heavy atom. The summed E-state index contributed by atoms with van der Waals surface area (Å²) in [5.74, 6) is 1.17. The second-order valence-electron chi connectivity index (χ2n) is 6.75. The van der Waals surface area contributed by atoms with E-state index in [1.54, 1.807) is 24.4 Å². The van der Waals surface area contributed by atoms with Crippen LogP contribution in [0.25, 0.3) is 0 Å². The molecule has 0 aliphatic carbocycles. The van der Waals surface area contributed by atoms with Crippen LogP contribution in [-0.4, -0.2) is 43.3 Å². The fraction of sp³-hybridized carbons (Fsp3) is 0.364. The molecule has 0 atom stereocenters. The van der Waals surface area contributed by atoms with Crippen LogP contribution >= 0.6 is 11.6 Å². The number of carbonyl (C=O) groups excluding carboxylic acids is 1. The van der Waals surface area contributed by atoms with E-state index in [9.17, 15) is 4.79 Å². The summed E-state index contributed by atoms with van der Waals surface area (Å²) in [6, 6.07) is 12.8. The van der Waals surface area contributed by atoms with E-state index in [1.807, 2.05) is 36.1 Å². The molecule has 154 valence electrons. The summed E-state index contributed by atoms with van der Waals surface area (Å²) < 4.78 is 11.4. The Labute approximate surface area is 176 Å². The summed E-state index contributed by atoms with van der Waals surface area (Å²) in [5.41, 5.74) is 4.64. The number of likely N-dealkylation sites (tertiary alicyclic amines) is 1. The fourth-order valence-electron chi connectivity index (χ4n) is 3.07. The minimum atomic E-state index is 0.0185. The molecule has 2 aromatic rings. The average Bonchev–Trinajstić information content (AvgIpc) is 2.75. The average molecular weight is 416 g/mol. The lowest BCUT2D eigenvalue weighted by Crippen LogP contribution is -2.38. The van der Waals surface area contributed by atoms with Crippen molar-refractivity contribution in [1.29, 1.82) is 0 Å². The molecule has 3 rings (SSSR count). The van der Waals surface area contributed by atoms with Crippen LogP contribution in [0, 0.1) is 0 Å². The van der Waals surface area contributed by atoms with E-state index in [2.05, 4.69) is 10.5 Å². The van der Waals surface area contributed by atoms with Crippen LogP contribution in [0.5, 0.6) is 11.5 Å². The molecular formula is C22H26ClN3O3. The molecule has 7 heteroatoms. The zero-order valence-electron chi connectivity index (χ0n) is 16.6. The van der Waals surface area contributed by atoms with Crippen LogP contribution in [0.1, 0.15) is 31.7 Å². The largest absolute Gasteiger partial charge is 0.490 e. The number of piperidine rings is 1. The van der Waals surface area contributed by atoms with Gasteiger partial charge in [-0.05, 0) is 74.2 Å². The number of ether oxygens (including phenoxy) is 2. The van der Waals surface area contributed by atoms with Gasteiger partial charge in [0.05, 0.1) is 18.5 Å². The lowest BCUT2D eigenvalue weighted by Gasteiger charge is -2.26. The normalized spacial score (nSPS) is 14.1. The third-order valence-electron chi connectivity index (χ3n) is 4.58. The summed E-state index contributed by atoms with van der Waals surface area (Å²) in [6.07, 6.45) is 5.01. The Morgan fingerprint density at radius 3 is 2.59 bits per heavy atom. The smallest absolute Gasteiger partial charge is 0.260 e. The number of carbonyl (C=O) groups is 1. The summed E-state index contributed by atoms with van der Waals surface area (Å²) in [7, 11) is 0. The number of nitrogens with zero attached hydrogens (tertiary/aromatic N) is 2. The van der Waals surface area contributed by atoms with E-state index < -0.39 is 0 Å². The molecule has 1 aliphatic rings. The third kappa shape index (κ3) is 6.39. The number of hydrogen-bond donors (Lipinski definition) is 1. The quantitative estimate of drug-likeness (QED) is 0.506. The van der Waals surface area contributed by atoms with Crippen molar-refractivity contribution in [2.75, 3.05) is 31.7 Å². The van der Waals surface area contributed by atoms with Gasteiger partial charge >= 0.3 is 0 Å². The van der Waals surface area contributed by atoms with Crippen LogP contribution < -0.4 is 14.9 Å². The van der Waals surface area contributed by atoms with Crippen molar-refractivity contribution >= 4 is 29.4 Å². The summed E-state index contributed by atoms with van der Waals surface area (Å²) in [4.78, 5) is 14.2. The van der Waals surface area contributed by atoms with E-state index in [1.165, 1.54) is 6.42 Å². The van der Waals surface area contributed by atoms with E-state index in [-0.39, 0.29) is 12.5 Å². The second-order valence-corrected chi connectivity index (χ2v) is 7.18. The van der Waals surface area contributed by atoms with Crippen molar-refractivity contribution in [3.8, 4) is 11.5 Å². The Hall–Kier alpha value is -2.73.